The SMILES string of the molecule is CC1(C)c2cc(-c3ccc(-c4nc(-c5ccccc5)nc(-c5ccccc5)n4)c4c3oc3ccccc34)ccc2-c2c1ccc1ncoc21. The molecule has 6 heteroatoms. The van der Waals surface area contributed by atoms with E-state index in [0.717, 1.165) is 66.4 Å². The Labute approximate surface area is 281 Å². The number of oxazole rings is 1. The van der Waals surface area contributed by atoms with Gasteiger partial charge in [0.1, 0.15) is 16.7 Å². The van der Waals surface area contributed by atoms with Crippen molar-refractivity contribution in [3.63, 3.8) is 0 Å². The van der Waals surface area contributed by atoms with Crippen LogP contribution in [0.25, 0.3) is 89.5 Å². The van der Waals surface area contributed by atoms with Gasteiger partial charge in [-0.15, -0.1) is 0 Å². The Morgan fingerprint density at radius 3 is 1.94 bits per heavy atom. The summed E-state index contributed by atoms with van der Waals surface area (Å²) in [5.74, 6) is 1.84. The monoisotopic (exact) mass is 632 g/mol. The summed E-state index contributed by atoms with van der Waals surface area (Å²) in [7, 11) is 0. The van der Waals surface area contributed by atoms with Crippen molar-refractivity contribution in [2.75, 3.05) is 0 Å². The number of fused-ring (bicyclic) bond motifs is 8. The van der Waals surface area contributed by atoms with Gasteiger partial charge in [-0.25, -0.2) is 19.9 Å². The Hall–Kier alpha value is -6.40. The summed E-state index contributed by atoms with van der Waals surface area (Å²) >= 11 is 0. The molecule has 0 spiro atoms. The quantitative estimate of drug-likeness (QED) is 0.192. The molecule has 0 radical (unpaired) electrons. The molecule has 0 unspecified atom stereocenters. The zero-order chi connectivity index (χ0) is 32.7. The maximum atomic E-state index is 6.72. The van der Waals surface area contributed by atoms with Gasteiger partial charge in [0.05, 0.1) is 0 Å². The Balaban J connectivity index is 1.20. The number of para-hydroxylation sites is 1. The molecule has 0 aliphatic heterocycles. The minimum Gasteiger partial charge on any atom is -0.455 e. The second kappa shape index (κ2) is 10.3. The molecule has 0 amide bonds. The lowest BCUT2D eigenvalue weighted by atomic mass is 9.81. The fourth-order valence-electron chi connectivity index (χ4n) is 7.48. The van der Waals surface area contributed by atoms with Crippen LogP contribution in [0.2, 0.25) is 0 Å². The van der Waals surface area contributed by atoms with Crippen LogP contribution < -0.4 is 0 Å². The maximum Gasteiger partial charge on any atom is 0.182 e. The van der Waals surface area contributed by atoms with Gasteiger partial charge in [0, 0.05) is 44.0 Å². The van der Waals surface area contributed by atoms with E-state index in [-0.39, 0.29) is 5.41 Å². The standard InChI is InChI=1S/C43H28N4O2/c1-43(2)32-21-22-34-39(48-24-44-34)37(32)29-18-17-27(23-33(29)43)28-19-20-31(36-30-15-9-10-16-35(30)49-38(28)36)42-46-40(25-11-5-3-6-12-25)45-41(47-42)26-13-7-4-8-14-26/h3-24H,1-2H3. The van der Waals surface area contributed by atoms with Crippen LogP contribution in [0.4, 0.5) is 0 Å². The third-order valence-corrected chi connectivity index (χ3v) is 9.91. The first-order valence-electron chi connectivity index (χ1n) is 16.4. The van der Waals surface area contributed by atoms with E-state index in [1.807, 2.05) is 78.9 Å². The first-order valence-corrected chi connectivity index (χ1v) is 16.4. The first-order chi connectivity index (χ1) is 24.0. The predicted octanol–water partition coefficient (Wildman–Crippen LogP) is 10.9. The summed E-state index contributed by atoms with van der Waals surface area (Å²) in [6.45, 7) is 4.55. The van der Waals surface area contributed by atoms with E-state index in [9.17, 15) is 0 Å². The average molecular weight is 633 g/mol. The van der Waals surface area contributed by atoms with Crippen molar-refractivity contribution in [2.24, 2.45) is 0 Å². The van der Waals surface area contributed by atoms with E-state index in [0.29, 0.717) is 17.5 Å². The molecule has 0 N–H and O–H groups in total. The molecule has 10 rings (SSSR count). The van der Waals surface area contributed by atoms with Crippen LogP contribution in [0.15, 0.2) is 143 Å². The fourth-order valence-corrected chi connectivity index (χ4v) is 7.48. The van der Waals surface area contributed by atoms with Crippen LogP contribution in [0.1, 0.15) is 25.0 Å². The van der Waals surface area contributed by atoms with Crippen molar-refractivity contribution < 1.29 is 8.83 Å². The highest BCUT2D eigenvalue weighted by molar-refractivity contribution is 6.16. The number of hydrogen-bond acceptors (Lipinski definition) is 6. The topological polar surface area (TPSA) is 77.8 Å². The maximum absolute atomic E-state index is 6.72. The van der Waals surface area contributed by atoms with Crippen LogP contribution in [-0.2, 0) is 5.41 Å². The number of benzene rings is 6. The number of rotatable bonds is 4. The summed E-state index contributed by atoms with van der Waals surface area (Å²) in [6.07, 6.45) is 1.53. The van der Waals surface area contributed by atoms with Gasteiger partial charge in [0.2, 0.25) is 0 Å². The summed E-state index contributed by atoms with van der Waals surface area (Å²) in [4.78, 5) is 19.5. The van der Waals surface area contributed by atoms with Gasteiger partial charge in [0.25, 0.3) is 0 Å². The van der Waals surface area contributed by atoms with E-state index < -0.39 is 0 Å². The second-order valence-corrected chi connectivity index (χ2v) is 13.1. The summed E-state index contributed by atoms with van der Waals surface area (Å²) in [6, 6.07) is 43.5. The molecule has 6 aromatic carbocycles. The van der Waals surface area contributed by atoms with Crippen molar-refractivity contribution >= 4 is 33.0 Å². The third kappa shape index (κ3) is 4.14. The van der Waals surface area contributed by atoms with E-state index in [1.54, 1.807) is 0 Å². The van der Waals surface area contributed by atoms with Gasteiger partial charge >= 0.3 is 0 Å². The molecule has 0 atom stereocenters. The molecule has 6 nitrogen and oxygen atoms in total. The van der Waals surface area contributed by atoms with E-state index in [4.69, 9.17) is 23.8 Å². The van der Waals surface area contributed by atoms with Gasteiger partial charge in [0.15, 0.2) is 29.4 Å². The predicted molar refractivity (Wildman–Crippen MR) is 194 cm³/mol. The van der Waals surface area contributed by atoms with E-state index in [1.165, 1.54) is 23.1 Å². The smallest absolute Gasteiger partial charge is 0.182 e. The van der Waals surface area contributed by atoms with Gasteiger partial charge in [-0.1, -0.05) is 111 Å². The van der Waals surface area contributed by atoms with Crippen molar-refractivity contribution in [1.29, 1.82) is 0 Å². The van der Waals surface area contributed by atoms with Crippen LogP contribution in [0, 0.1) is 0 Å². The van der Waals surface area contributed by atoms with Crippen LogP contribution >= 0.6 is 0 Å². The Morgan fingerprint density at radius 1 is 0.531 bits per heavy atom. The molecule has 0 saturated carbocycles. The molecular formula is C43H28N4O2. The van der Waals surface area contributed by atoms with E-state index in [2.05, 4.69) is 67.4 Å². The summed E-state index contributed by atoms with van der Waals surface area (Å²) < 4.78 is 12.6. The molecular weight excluding hydrogens is 604 g/mol. The second-order valence-electron chi connectivity index (χ2n) is 13.1. The molecule has 232 valence electrons. The Kier molecular flexibility index (Phi) is 5.82. The molecule has 1 aliphatic rings. The highest BCUT2D eigenvalue weighted by Crippen LogP contribution is 2.52. The lowest BCUT2D eigenvalue weighted by molar-refractivity contribution is 0.601. The average Bonchev–Trinajstić information content (AvgIpc) is 3.85. The summed E-state index contributed by atoms with van der Waals surface area (Å²) in [5.41, 5.74) is 12.7. The van der Waals surface area contributed by atoms with Crippen LogP contribution in [0.3, 0.4) is 0 Å². The molecule has 49 heavy (non-hydrogen) atoms. The number of furan rings is 1. The van der Waals surface area contributed by atoms with Gasteiger partial charge < -0.3 is 8.83 Å². The molecule has 3 heterocycles. The van der Waals surface area contributed by atoms with Crippen molar-refractivity contribution in [2.45, 2.75) is 19.3 Å². The Bertz CT molecular complexity index is 2690. The van der Waals surface area contributed by atoms with Crippen molar-refractivity contribution in [3.05, 3.63) is 145 Å². The van der Waals surface area contributed by atoms with E-state index >= 15 is 0 Å². The van der Waals surface area contributed by atoms with Crippen molar-refractivity contribution in [1.82, 2.24) is 19.9 Å². The molecule has 9 aromatic rings. The van der Waals surface area contributed by atoms with Gasteiger partial charge in [-0.05, 0) is 52.6 Å². The zero-order valence-corrected chi connectivity index (χ0v) is 26.8. The number of nitrogens with zero attached hydrogens (tertiary/aromatic N) is 4. The third-order valence-electron chi connectivity index (χ3n) is 9.91. The van der Waals surface area contributed by atoms with Crippen molar-refractivity contribution in [3.8, 4) is 56.4 Å². The summed E-state index contributed by atoms with van der Waals surface area (Å²) in [5, 5.41) is 1.99. The molecule has 0 bridgehead atoms. The highest BCUT2D eigenvalue weighted by Gasteiger charge is 2.38. The minimum atomic E-state index is -0.221. The minimum absolute atomic E-state index is 0.221. The molecule has 3 aromatic heterocycles. The largest absolute Gasteiger partial charge is 0.455 e. The van der Waals surface area contributed by atoms with Crippen LogP contribution in [-0.4, -0.2) is 19.9 Å². The lowest BCUT2D eigenvalue weighted by Crippen LogP contribution is -2.15. The normalized spacial score (nSPS) is 13.3. The number of aromatic nitrogens is 4. The zero-order valence-electron chi connectivity index (χ0n) is 26.8. The lowest BCUT2D eigenvalue weighted by Gasteiger charge is -2.22. The van der Waals surface area contributed by atoms with Gasteiger partial charge in [-0.3, -0.25) is 0 Å². The fraction of sp³-hybridized carbons (Fsp3) is 0.0698. The first kappa shape index (κ1) is 27.7. The number of hydrogen-bond donors (Lipinski definition) is 0. The van der Waals surface area contributed by atoms with Gasteiger partial charge in [-0.2, -0.15) is 0 Å². The molecule has 0 saturated heterocycles. The Morgan fingerprint density at radius 2 is 1.18 bits per heavy atom. The van der Waals surface area contributed by atoms with Crippen LogP contribution in [0.5, 0.6) is 0 Å². The molecule has 1 aliphatic carbocycles. The highest BCUT2D eigenvalue weighted by atomic mass is 16.3. The molecule has 0 fully saturated rings.